The minimum absolute atomic E-state index is 0.0245. The first kappa shape index (κ1) is 20.2. The van der Waals surface area contributed by atoms with Crippen molar-refractivity contribution in [3.63, 3.8) is 0 Å². The van der Waals surface area contributed by atoms with Gasteiger partial charge in [0.2, 0.25) is 5.91 Å². The molecule has 4 bridgehead atoms. The molecular weight excluding hydrogens is 373 g/mol. The van der Waals surface area contributed by atoms with Gasteiger partial charge in [-0.15, -0.1) is 0 Å². The first-order valence-corrected chi connectivity index (χ1v) is 10.8. The summed E-state index contributed by atoms with van der Waals surface area (Å²) in [5, 5.41) is 2.75. The van der Waals surface area contributed by atoms with E-state index in [1.54, 1.807) is 12.1 Å². The third-order valence-electron chi connectivity index (χ3n) is 6.76. The second-order valence-corrected chi connectivity index (χ2v) is 9.25. The molecule has 4 saturated carbocycles. The van der Waals surface area contributed by atoms with Gasteiger partial charge in [0.05, 0.1) is 13.2 Å². The van der Waals surface area contributed by atoms with Crippen molar-refractivity contribution >= 4 is 11.9 Å². The molecule has 4 fully saturated rings. The normalized spacial score (nSPS) is 29.5. The van der Waals surface area contributed by atoms with Crippen molar-refractivity contribution in [2.45, 2.75) is 51.4 Å². The first-order valence-electron chi connectivity index (χ1n) is 10.8. The number of benzene rings is 1. The molecule has 29 heavy (non-hydrogen) atoms. The van der Waals surface area contributed by atoms with E-state index in [9.17, 15) is 14.0 Å². The molecule has 5 rings (SSSR count). The summed E-state index contributed by atoms with van der Waals surface area (Å²) in [6, 6.07) is 5.78. The summed E-state index contributed by atoms with van der Waals surface area (Å²) in [4.78, 5) is 24.3. The van der Waals surface area contributed by atoms with Crippen molar-refractivity contribution in [2.24, 2.45) is 23.2 Å². The van der Waals surface area contributed by atoms with Crippen molar-refractivity contribution in [3.05, 3.63) is 30.1 Å². The maximum absolute atomic E-state index is 12.8. The monoisotopic (exact) mass is 403 g/mol. The largest absolute Gasteiger partial charge is 0.493 e. The molecule has 0 aromatic heterocycles. The average molecular weight is 403 g/mol. The maximum Gasteiger partial charge on any atom is 0.325 e. The SMILES string of the molecule is O=C(CC12CC3CC(CC(C3)C1)C2)NCC(=O)OCCCOc1ccc(F)cc1. The van der Waals surface area contributed by atoms with Crippen molar-refractivity contribution in [1.82, 2.24) is 5.32 Å². The molecule has 6 heteroatoms. The third-order valence-corrected chi connectivity index (χ3v) is 6.76. The summed E-state index contributed by atoms with van der Waals surface area (Å²) in [6.07, 6.45) is 8.72. The number of hydrogen-bond acceptors (Lipinski definition) is 4. The highest BCUT2D eigenvalue weighted by Gasteiger charge is 2.51. The molecule has 158 valence electrons. The number of amides is 1. The Balaban J connectivity index is 1.09. The summed E-state index contributed by atoms with van der Waals surface area (Å²) in [6.45, 7) is 0.520. The van der Waals surface area contributed by atoms with Gasteiger partial charge >= 0.3 is 5.97 Å². The molecule has 1 aromatic rings. The minimum Gasteiger partial charge on any atom is -0.493 e. The van der Waals surface area contributed by atoms with Gasteiger partial charge in [0.15, 0.2) is 0 Å². The Labute approximate surface area is 171 Å². The molecule has 0 aliphatic heterocycles. The summed E-state index contributed by atoms with van der Waals surface area (Å²) in [5.74, 6) is 2.27. The molecule has 0 spiro atoms. The number of rotatable bonds is 9. The van der Waals surface area contributed by atoms with Gasteiger partial charge in [0, 0.05) is 12.8 Å². The van der Waals surface area contributed by atoms with E-state index in [0.29, 0.717) is 25.2 Å². The highest BCUT2D eigenvalue weighted by molar-refractivity contribution is 5.82. The zero-order valence-corrected chi connectivity index (χ0v) is 16.8. The van der Waals surface area contributed by atoms with Crippen LogP contribution >= 0.6 is 0 Å². The molecule has 1 N–H and O–H groups in total. The Morgan fingerprint density at radius 1 is 1.00 bits per heavy atom. The fourth-order valence-electron chi connectivity index (χ4n) is 6.10. The van der Waals surface area contributed by atoms with Crippen LogP contribution in [0.4, 0.5) is 4.39 Å². The van der Waals surface area contributed by atoms with Crippen molar-refractivity contribution in [2.75, 3.05) is 19.8 Å². The first-order chi connectivity index (χ1) is 14.0. The van der Waals surface area contributed by atoms with Crippen LogP contribution in [-0.4, -0.2) is 31.6 Å². The zero-order chi connectivity index (χ0) is 20.3. The van der Waals surface area contributed by atoms with Crippen LogP contribution in [0.2, 0.25) is 0 Å². The quantitative estimate of drug-likeness (QED) is 0.502. The minimum atomic E-state index is -0.425. The van der Waals surface area contributed by atoms with Gasteiger partial charge in [-0.1, -0.05) is 0 Å². The van der Waals surface area contributed by atoms with Crippen LogP contribution < -0.4 is 10.1 Å². The van der Waals surface area contributed by atoms with Crippen LogP contribution in [0.3, 0.4) is 0 Å². The Morgan fingerprint density at radius 2 is 1.62 bits per heavy atom. The second-order valence-electron chi connectivity index (χ2n) is 9.25. The van der Waals surface area contributed by atoms with Gasteiger partial charge in [-0.2, -0.15) is 0 Å². The zero-order valence-electron chi connectivity index (χ0n) is 16.8. The highest BCUT2D eigenvalue weighted by Crippen LogP contribution is 2.61. The highest BCUT2D eigenvalue weighted by atomic mass is 19.1. The van der Waals surface area contributed by atoms with E-state index >= 15 is 0 Å². The maximum atomic E-state index is 12.8. The van der Waals surface area contributed by atoms with Gasteiger partial charge in [0.25, 0.3) is 0 Å². The van der Waals surface area contributed by atoms with Crippen LogP contribution in [0.5, 0.6) is 5.75 Å². The van der Waals surface area contributed by atoms with Crippen LogP contribution in [0.1, 0.15) is 51.4 Å². The number of carbonyl (C=O) groups excluding carboxylic acids is 2. The lowest BCUT2D eigenvalue weighted by Gasteiger charge is -2.56. The van der Waals surface area contributed by atoms with Crippen molar-refractivity contribution in [3.8, 4) is 5.75 Å². The van der Waals surface area contributed by atoms with E-state index in [1.807, 2.05) is 0 Å². The van der Waals surface area contributed by atoms with Gasteiger partial charge in [-0.05, 0) is 86.0 Å². The lowest BCUT2D eigenvalue weighted by atomic mass is 9.49. The smallest absolute Gasteiger partial charge is 0.325 e. The topological polar surface area (TPSA) is 64.6 Å². The number of ether oxygens (including phenoxy) is 2. The van der Waals surface area contributed by atoms with E-state index in [-0.39, 0.29) is 30.3 Å². The number of hydrogen-bond donors (Lipinski definition) is 1. The molecule has 0 radical (unpaired) electrons. The van der Waals surface area contributed by atoms with Crippen LogP contribution in [0.25, 0.3) is 0 Å². The Bertz CT molecular complexity index is 698. The standard InChI is InChI=1S/C23H30FNO4/c24-19-2-4-20(5-3-19)28-6-1-7-29-22(27)15-25-21(26)14-23-11-16-8-17(12-23)10-18(9-16)13-23/h2-5,16-18H,1,6-15H2,(H,25,26). The number of nitrogens with one attached hydrogen (secondary N) is 1. The van der Waals surface area contributed by atoms with Crippen LogP contribution in [-0.2, 0) is 14.3 Å². The molecule has 5 nitrogen and oxygen atoms in total. The summed E-state index contributed by atoms with van der Waals surface area (Å²) >= 11 is 0. The van der Waals surface area contributed by atoms with Crippen molar-refractivity contribution < 1.29 is 23.5 Å². The summed E-state index contributed by atoms with van der Waals surface area (Å²) < 4.78 is 23.4. The van der Waals surface area contributed by atoms with E-state index in [4.69, 9.17) is 9.47 Å². The Kier molecular flexibility index (Phi) is 6.07. The fourth-order valence-corrected chi connectivity index (χ4v) is 6.10. The van der Waals surface area contributed by atoms with E-state index < -0.39 is 5.97 Å². The van der Waals surface area contributed by atoms with Crippen LogP contribution in [0.15, 0.2) is 24.3 Å². The Morgan fingerprint density at radius 3 is 2.24 bits per heavy atom. The fraction of sp³-hybridized carbons (Fsp3) is 0.652. The lowest BCUT2D eigenvalue weighted by molar-refractivity contribution is -0.145. The third kappa shape index (κ3) is 5.28. The number of carbonyl (C=O) groups is 2. The molecule has 1 aromatic carbocycles. The van der Waals surface area contributed by atoms with E-state index in [0.717, 1.165) is 17.8 Å². The molecule has 0 unspecified atom stereocenters. The van der Waals surface area contributed by atoms with Crippen LogP contribution in [0, 0.1) is 29.0 Å². The Hall–Kier alpha value is -2.11. The predicted octanol–water partition coefficient (Wildman–Crippen LogP) is 3.86. The van der Waals surface area contributed by atoms with Gasteiger partial charge in [-0.25, -0.2) is 4.39 Å². The summed E-state index contributed by atoms with van der Waals surface area (Å²) in [5.41, 5.74) is 0.181. The molecule has 0 saturated heterocycles. The van der Waals surface area contributed by atoms with Crippen molar-refractivity contribution in [1.29, 1.82) is 0 Å². The summed E-state index contributed by atoms with van der Waals surface area (Å²) in [7, 11) is 0. The average Bonchev–Trinajstić information content (AvgIpc) is 2.66. The second kappa shape index (κ2) is 8.72. The molecule has 0 atom stereocenters. The van der Waals surface area contributed by atoms with Gasteiger partial charge < -0.3 is 14.8 Å². The number of esters is 1. The molecule has 1 amide bonds. The van der Waals surface area contributed by atoms with Gasteiger partial charge in [-0.3, -0.25) is 9.59 Å². The number of halogens is 1. The molecule has 4 aliphatic rings. The molecular formula is C23H30FNO4. The van der Waals surface area contributed by atoms with Gasteiger partial charge in [0.1, 0.15) is 18.1 Å². The molecule has 0 heterocycles. The van der Waals surface area contributed by atoms with E-state index in [1.165, 1.54) is 50.7 Å². The molecule has 4 aliphatic carbocycles. The lowest BCUT2D eigenvalue weighted by Crippen LogP contribution is -2.48. The van der Waals surface area contributed by atoms with E-state index in [2.05, 4.69) is 5.32 Å². The predicted molar refractivity (Wildman–Crippen MR) is 106 cm³/mol.